The van der Waals surface area contributed by atoms with Crippen LogP contribution in [0.3, 0.4) is 0 Å². The maximum Gasteiger partial charge on any atom is 0.356 e. The lowest BCUT2D eigenvalue weighted by atomic mass is 10.0. The minimum atomic E-state index is -1.69. The van der Waals surface area contributed by atoms with Crippen molar-refractivity contribution >= 4 is 28.8 Å². The second kappa shape index (κ2) is 10.6. The molecule has 1 unspecified atom stereocenters. The highest BCUT2D eigenvalue weighted by Gasteiger charge is 2.27. The van der Waals surface area contributed by atoms with Gasteiger partial charge in [-0.1, -0.05) is 0 Å². The highest BCUT2D eigenvalue weighted by atomic mass is 19.1. The van der Waals surface area contributed by atoms with E-state index in [4.69, 9.17) is 11.2 Å². The molecule has 1 aromatic carbocycles. The average Bonchev–Trinajstić information content (AvgIpc) is 3.34. The topological polar surface area (TPSA) is 168 Å². The first-order valence-electron chi connectivity index (χ1n) is 11.4. The molecule has 0 saturated heterocycles. The van der Waals surface area contributed by atoms with Gasteiger partial charge in [0.2, 0.25) is 0 Å². The van der Waals surface area contributed by atoms with E-state index in [2.05, 4.69) is 25.6 Å². The third-order valence-corrected chi connectivity index (χ3v) is 5.76. The standard InChI is InChI=1S/C26H24FN7O4/c1-26(2,37)23(27)14-31-24(35)19-13-30-21(22-8-7-18-9-15(11-28)12-32-34(18)22)10-20(19)33-17-5-3-16(4-6-17)25(36)38-29/h3-10,12-13,23,37H,14,29H2,1-2H3,(H,30,33)(H,31,35). The van der Waals surface area contributed by atoms with Crippen LogP contribution in [0.2, 0.25) is 0 Å². The van der Waals surface area contributed by atoms with Crippen molar-refractivity contribution < 1.29 is 23.9 Å². The number of rotatable bonds is 8. The Morgan fingerprint density at radius 2 is 1.95 bits per heavy atom. The van der Waals surface area contributed by atoms with Crippen LogP contribution in [0, 0.1) is 11.3 Å². The molecule has 194 valence electrons. The van der Waals surface area contributed by atoms with Crippen LogP contribution in [-0.4, -0.2) is 49.9 Å². The summed E-state index contributed by atoms with van der Waals surface area (Å²) in [5.41, 5.74) is 1.74. The van der Waals surface area contributed by atoms with E-state index in [1.807, 2.05) is 6.07 Å². The molecule has 4 rings (SSSR count). The molecule has 1 amide bonds. The number of benzene rings is 1. The van der Waals surface area contributed by atoms with E-state index in [-0.39, 0.29) is 11.1 Å². The fraction of sp³-hybridized carbons (Fsp3) is 0.192. The zero-order valence-electron chi connectivity index (χ0n) is 20.5. The predicted octanol–water partition coefficient (Wildman–Crippen LogP) is 2.88. The van der Waals surface area contributed by atoms with Gasteiger partial charge in [0.15, 0.2) is 0 Å². The summed E-state index contributed by atoms with van der Waals surface area (Å²) in [4.78, 5) is 33.3. The number of nitrogens with one attached hydrogen (secondary N) is 2. The fourth-order valence-corrected chi connectivity index (χ4v) is 3.57. The van der Waals surface area contributed by atoms with E-state index < -0.39 is 30.2 Å². The maximum atomic E-state index is 14.2. The molecule has 1 atom stereocenters. The number of aliphatic hydroxyl groups is 1. The minimum absolute atomic E-state index is 0.114. The first-order valence-corrected chi connectivity index (χ1v) is 11.4. The van der Waals surface area contributed by atoms with Gasteiger partial charge in [0, 0.05) is 11.9 Å². The van der Waals surface area contributed by atoms with E-state index >= 15 is 0 Å². The zero-order chi connectivity index (χ0) is 27.4. The number of amides is 1. The molecule has 0 bridgehead atoms. The predicted molar refractivity (Wildman–Crippen MR) is 136 cm³/mol. The van der Waals surface area contributed by atoms with Crippen molar-refractivity contribution in [2.45, 2.75) is 25.6 Å². The number of nitrogens with two attached hydrogens (primary N) is 1. The lowest BCUT2D eigenvalue weighted by Gasteiger charge is -2.22. The van der Waals surface area contributed by atoms with Gasteiger partial charge in [-0.2, -0.15) is 16.3 Å². The van der Waals surface area contributed by atoms with Gasteiger partial charge in [-0.3, -0.25) is 9.78 Å². The van der Waals surface area contributed by atoms with Crippen LogP contribution in [-0.2, 0) is 4.84 Å². The highest BCUT2D eigenvalue weighted by Crippen LogP contribution is 2.28. The molecule has 3 heterocycles. The number of hydrogen-bond donors (Lipinski definition) is 4. The van der Waals surface area contributed by atoms with Crippen LogP contribution < -0.4 is 16.5 Å². The third-order valence-electron chi connectivity index (χ3n) is 5.76. The maximum absolute atomic E-state index is 14.2. The number of carbonyl (C=O) groups excluding carboxylic acids is 2. The van der Waals surface area contributed by atoms with E-state index in [0.29, 0.717) is 33.8 Å². The molecule has 5 N–H and O–H groups in total. The van der Waals surface area contributed by atoms with Crippen molar-refractivity contribution in [1.29, 1.82) is 5.26 Å². The largest absolute Gasteiger partial charge is 0.387 e. The van der Waals surface area contributed by atoms with E-state index in [1.165, 1.54) is 38.4 Å². The van der Waals surface area contributed by atoms with Crippen molar-refractivity contribution in [3.8, 4) is 17.5 Å². The summed E-state index contributed by atoms with van der Waals surface area (Å²) in [6.07, 6.45) is 1.08. The normalized spacial score (nSPS) is 12.0. The molecular formula is C26H24FN7O4. The molecule has 0 spiro atoms. The van der Waals surface area contributed by atoms with Crippen LogP contribution >= 0.6 is 0 Å². The molecule has 0 radical (unpaired) electrons. The quantitative estimate of drug-likeness (QED) is 0.257. The molecule has 0 saturated carbocycles. The highest BCUT2D eigenvalue weighted by molar-refractivity contribution is 6.00. The van der Waals surface area contributed by atoms with E-state index in [0.717, 1.165) is 0 Å². The molecule has 0 fully saturated rings. The van der Waals surface area contributed by atoms with Gasteiger partial charge in [0.25, 0.3) is 5.91 Å². The number of aromatic nitrogens is 3. The molecule has 0 aliphatic rings. The Balaban J connectivity index is 1.70. The van der Waals surface area contributed by atoms with Crippen molar-refractivity contribution in [3.63, 3.8) is 0 Å². The van der Waals surface area contributed by atoms with Crippen molar-refractivity contribution in [3.05, 3.63) is 77.6 Å². The summed E-state index contributed by atoms with van der Waals surface area (Å²) < 4.78 is 15.9. The van der Waals surface area contributed by atoms with Crippen LogP contribution in [0.25, 0.3) is 16.9 Å². The van der Waals surface area contributed by atoms with Crippen LogP contribution in [0.4, 0.5) is 15.8 Å². The van der Waals surface area contributed by atoms with Gasteiger partial charge in [-0.25, -0.2) is 13.7 Å². The Morgan fingerprint density at radius 1 is 1.21 bits per heavy atom. The van der Waals surface area contributed by atoms with Gasteiger partial charge < -0.3 is 20.6 Å². The van der Waals surface area contributed by atoms with Gasteiger partial charge >= 0.3 is 5.97 Å². The van der Waals surface area contributed by atoms with Crippen LogP contribution in [0.1, 0.15) is 40.1 Å². The third kappa shape index (κ3) is 5.59. The van der Waals surface area contributed by atoms with Crippen molar-refractivity contribution in [2.75, 3.05) is 11.9 Å². The molecule has 3 aromatic heterocycles. The Kier molecular flexibility index (Phi) is 7.33. The van der Waals surface area contributed by atoms with Gasteiger partial charge in [0.1, 0.15) is 12.2 Å². The summed E-state index contributed by atoms with van der Waals surface area (Å²) in [7, 11) is 0. The number of fused-ring (bicyclic) bond motifs is 1. The Hall–Kier alpha value is -4.86. The number of nitrogens with zero attached hydrogens (tertiary/aromatic N) is 4. The molecular weight excluding hydrogens is 493 g/mol. The fourth-order valence-electron chi connectivity index (χ4n) is 3.57. The number of alkyl halides is 1. The molecule has 38 heavy (non-hydrogen) atoms. The number of pyridine rings is 1. The van der Waals surface area contributed by atoms with Crippen LogP contribution in [0.15, 0.2) is 60.9 Å². The summed E-state index contributed by atoms with van der Waals surface area (Å²) in [6, 6.07) is 15.1. The van der Waals surface area contributed by atoms with Gasteiger partial charge in [0.05, 0.1) is 57.6 Å². The van der Waals surface area contributed by atoms with E-state index in [9.17, 15) is 19.1 Å². The number of halogens is 1. The number of hydrogen-bond acceptors (Lipinski definition) is 9. The molecule has 11 nitrogen and oxygen atoms in total. The molecule has 0 aliphatic heterocycles. The number of anilines is 2. The first-order chi connectivity index (χ1) is 18.1. The lowest BCUT2D eigenvalue weighted by molar-refractivity contribution is -0.00178. The van der Waals surface area contributed by atoms with E-state index in [1.54, 1.807) is 40.9 Å². The second-order valence-electron chi connectivity index (χ2n) is 8.97. The van der Waals surface area contributed by atoms with Gasteiger partial charge in [-0.05, 0) is 62.4 Å². The first kappa shape index (κ1) is 26.2. The van der Waals surface area contributed by atoms with Gasteiger partial charge in [-0.15, -0.1) is 0 Å². The molecule has 0 aliphatic carbocycles. The minimum Gasteiger partial charge on any atom is -0.387 e. The summed E-state index contributed by atoms with van der Waals surface area (Å²) >= 11 is 0. The molecule has 12 heteroatoms. The summed E-state index contributed by atoms with van der Waals surface area (Å²) in [5.74, 6) is 3.61. The second-order valence-corrected chi connectivity index (χ2v) is 8.97. The SMILES string of the molecule is CC(C)(O)C(F)CNC(=O)c1cnc(-c2ccc3cc(C#N)cnn23)cc1Nc1ccc(C(=O)ON)cc1. The average molecular weight is 518 g/mol. The Bertz CT molecular complexity index is 1540. The zero-order valence-corrected chi connectivity index (χ0v) is 20.5. The smallest absolute Gasteiger partial charge is 0.356 e. The number of carbonyl (C=O) groups is 2. The number of nitriles is 1. The van der Waals surface area contributed by atoms with Crippen molar-refractivity contribution in [1.82, 2.24) is 19.9 Å². The summed E-state index contributed by atoms with van der Waals surface area (Å²) in [6.45, 7) is 2.22. The van der Waals surface area contributed by atoms with Crippen LogP contribution in [0.5, 0.6) is 0 Å². The van der Waals surface area contributed by atoms with Crippen molar-refractivity contribution in [2.24, 2.45) is 5.90 Å². The Labute approximate surface area is 216 Å². The Morgan fingerprint density at radius 3 is 2.61 bits per heavy atom. The monoisotopic (exact) mass is 517 g/mol. The lowest BCUT2D eigenvalue weighted by Crippen LogP contribution is -2.42. The molecule has 4 aromatic rings. The summed E-state index contributed by atoms with van der Waals surface area (Å²) in [5, 5.41) is 28.9.